The molecule has 0 aliphatic carbocycles. The molecule has 0 radical (unpaired) electrons. The summed E-state index contributed by atoms with van der Waals surface area (Å²) < 4.78 is 52.2. The Morgan fingerprint density at radius 3 is 2.88 bits per heavy atom. The van der Waals surface area contributed by atoms with E-state index in [1.54, 1.807) is 6.07 Å². The van der Waals surface area contributed by atoms with Crippen molar-refractivity contribution in [1.29, 1.82) is 0 Å². The SMILES string of the molecule is Cn1nc(C(F)(F)F)c2c1Nc1cc(c(Cl)cn1)N[C@@H]1COC[C@H]1CO2. The third-order valence-corrected chi connectivity index (χ3v) is 4.66. The van der Waals surface area contributed by atoms with Crippen molar-refractivity contribution in [1.82, 2.24) is 14.8 Å². The summed E-state index contributed by atoms with van der Waals surface area (Å²) in [4.78, 5) is 4.12. The summed E-state index contributed by atoms with van der Waals surface area (Å²) in [5, 5.41) is 10.1. The minimum absolute atomic E-state index is 0.0439. The predicted octanol–water partition coefficient (Wildman–Crippen LogP) is 3.05. The number of ether oxygens (including phenoxy) is 2. The maximum atomic E-state index is 13.4. The molecule has 26 heavy (non-hydrogen) atoms. The van der Waals surface area contributed by atoms with Gasteiger partial charge in [-0.2, -0.15) is 18.3 Å². The molecule has 0 unspecified atom stereocenters. The molecule has 4 heterocycles. The summed E-state index contributed by atoms with van der Waals surface area (Å²) >= 11 is 6.19. The van der Waals surface area contributed by atoms with Crippen LogP contribution in [0.4, 0.5) is 30.5 Å². The molecule has 2 N–H and O–H groups in total. The molecule has 7 nitrogen and oxygen atoms in total. The van der Waals surface area contributed by atoms with Gasteiger partial charge in [-0.3, -0.25) is 0 Å². The van der Waals surface area contributed by atoms with Crippen LogP contribution < -0.4 is 15.4 Å². The summed E-state index contributed by atoms with van der Waals surface area (Å²) in [5.41, 5.74) is -0.467. The maximum Gasteiger partial charge on any atom is 0.438 e. The Bertz CT molecular complexity index is 841. The molecule has 2 aliphatic heterocycles. The second kappa shape index (κ2) is 6.20. The minimum atomic E-state index is -4.64. The molecule has 2 aliphatic rings. The van der Waals surface area contributed by atoms with E-state index in [0.29, 0.717) is 29.7 Å². The highest BCUT2D eigenvalue weighted by atomic mass is 35.5. The Balaban J connectivity index is 1.83. The summed E-state index contributed by atoms with van der Waals surface area (Å²) in [6, 6.07) is 1.49. The van der Waals surface area contributed by atoms with Gasteiger partial charge in [-0.05, 0) is 0 Å². The van der Waals surface area contributed by atoms with E-state index in [-0.39, 0.29) is 30.1 Å². The topological polar surface area (TPSA) is 73.2 Å². The second-order valence-electron chi connectivity index (χ2n) is 6.18. The van der Waals surface area contributed by atoms with E-state index < -0.39 is 11.9 Å². The molecular weight excluding hydrogens is 375 g/mol. The highest BCUT2D eigenvalue weighted by Gasteiger charge is 2.41. The molecule has 2 atom stereocenters. The highest BCUT2D eigenvalue weighted by Crippen LogP contribution is 2.42. The fourth-order valence-electron chi connectivity index (χ4n) is 3.02. The number of pyridine rings is 1. The number of nitrogens with zero attached hydrogens (tertiary/aromatic N) is 3. The van der Waals surface area contributed by atoms with Crippen LogP contribution >= 0.6 is 11.6 Å². The Morgan fingerprint density at radius 1 is 1.31 bits per heavy atom. The van der Waals surface area contributed by atoms with Crippen molar-refractivity contribution in [3.05, 3.63) is 23.0 Å². The van der Waals surface area contributed by atoms with Gasteiger partial charge in [0.05, 0.1) is 42.8 Å². The van der Waals surface area contributed by atoms with Gasteiger partial charge in [-0.25, -0.2) is 9.67 Å². The fraction of sp³-hybridized carbons (Fsp3) is 0.467. The fourth-order valence-corrected chi connectivity index (χ4v) is 3.17. The minimum Gasteiger partial charge on any atom is -0.487 e. The van der Waals surface area contributed by atoms with Gasteiger partial charge >= 0.3 is 6.18 Å². The monoisotopic (exact) mass is 389 g/mol. The quantitative estimate of drug-likeness (QED) is 0.721. The average molecular weight is 390 g/mol. The Morgan fingerprint density at radius 2 is 2.12 bits per heavy atom. The molecule has 2 aromatic rings. The van der Waals surface area contributed by atoms with Crippen LogP contribution in [0.3, 0.4) is 0 Å². The highest BCUT2D eigenvalue weighted by molar-refractivity contribution is 6.33. The molecule has 0 aromatic carbocycles. The number of fused-ring (bicyclic) bond motifs is 4. The number of hydrogen-bond acceptors (Lipinski definition) is 6. The summed E-state index contributed by atoms with van der Waals surface area (Å²) in [6.45, 7) is 0.821. The van der Waals surface area contributed by atoms with Crippen LogP contribution in [-0.4, -0.2) is 40.6 Å². The van der Waals surface area contributed by atoms with Crippen molar-refractivity contribution in [3.63, 3.8) is 0 Å². The van der Waals surface area contributed by atoms with Gasteiger partial charge in [0.25, 0.3) is 0 Å². The number of anilines is 3. The van der Waals surface area contributed by atoms with Crippen molar-refractivity contribution in [3.8, 4) is 5.75 Å². The third-order valence-electron chi connectivity index (χ3n) is 4.36. The van der Waals surface area contributed by atoms with E-state index >= 15 is 0 Å². The van der Waals surface area contributed by atoms with E-state index in [1.165, 1.54) is 13.2 Å². The van der Waals surface area contributed by atoms with Crippen LogP contribution in [0.15, 0.2) is 12.3 Å². The van der Waals surface area contributed by atoms with E-state index in [4.69, 9.17) is 21.1 Å². The van der Waals surface area contributed by atoms with Gasteiger partial charge in [-0.15, -0.1) is 0 Å². The standard InChI is InChI=1S/C15H15ClF3N5O2/c1-24-14-12(13(23-24)15(17,18)19)26-5-7-4-25-6-10(7)21-9-2-11(22-14)20-3-8(9)16/h2-3,7,10,21H,4-6H2,1H3,(H,20,22)/t7-,10+/m0/s1. The van der Waals surface area contributed by atoms with Gasteiger partial charge in [-0.1, -0.05) is 11.6 Å². The number of nitrogens with one attached hydrogen (secondary N) is 2. The maximum absolute atomic E-state index is 13.4. The van der Waals surface area contributed by atoms with Crippen molar-refractivity contribution in [2.45, 2.75) is 12.2 Å². The van der Waals surface area contributed by atoms with Crippen molar-refractivity contribution >= 4 is 28.9 Å². The Kier molecular flexibility index (Phi) is 4.11. The first kappa shape index (κ1) is 17.2. The van der Waals surface area contributed by atoms with E-state index in [2.05, 4.69) is 20.7 Å². The molecule has 11 heteroatoms. The Hall–Kier alpha value is -2.20. The zero-order valence-electron chi connectivity index (χ0n) is 13.6. The number of aromatic nitrogens is 3. The first-order valence-corrected chi connectivity index (χ1v) is 8.24. The normalized spacial score (nSPS) is 22.3. The van der Waals surface area contributed by atoms with Crippen LogP contribution in [0.1, 0.15) is 5.69 Å². The lowest BCUT2D eigenvalue weighted by Gasteiger charge is -2.20. The summed E-state index contributed by atoms with van der Waals surface area (Å²) in [6.07, 6.45) is -3.22. The number of hydrogen-bond donors (Lipinski definition) is 2. The van der Waals surface area contributed by atoms with Crippen molar-refractivity contribution < 1.29 is 22.6 Å². The first-order chi connectivity index (χ1) is 12.3. The summed E-state index contributed by atoms with van der Waals surface area (Å²) in [5.74, 6) is -0.118. The van der Waals surface area contributed by atoms with Crippen molar-refractivity contribution in [2.75, 3.05) is 30.5 Å². The largest absolute Gasteiger partial charge is 0.487 e. The smallest absolute Gasteiger partial charge is 0.438 e. The van der Waals surface area contributed by atoms with Crippen molar-refractivity contribution in [2.24, 2.45) is 13.0 Å². The molecule has 4 rings (SSSR count). The molecule has 0 spiro atoms. The summed E-state index contributed by atoms with van der Waals surface area (Å²) in [7, 11) is 1.40. The zero-order chi connectivity index (χ0) is 18.5. The number of alkyl halides is 3. The number of rotatable bonds is 0. The lowest BCUT2D eigenvalue weighted by Crippen LogP contribution is -2.32. The first-order valence-electron chi connectivity index (χ1n) is 7.87. The van der Waals surface area contributed by atoms with E-state index in [9.17, 15) is 13.2 Å². The van der Waals surface area contributed by atoms with Gasteiger partial charge in [0.2, 0.25) is 5.69 Å². The second-order valence-corrected chi connectivity index (χ2v) is 6.59. The molecule has 0 amide bonds. The van der Waals surface area contributed by atoms with Crippen LogP contribution in [-0.2, 0) is 18.0 Å². The molecule has 2 aromatic heterocycles. The van der Waals surface area contributed by atoms with Crippen LogP contribution in [0.25, 0.3) is 0 Å². The van der Waals surface area contributed by atoms with Gasteiger partial charge in [0.1, 0.15) is 5.82 Å². The van der Waals surface area contributed by atoms with Gasteiger partial charge in [0.15, 0.2) is 11.6 Å². The molecule has 1 saturated heterocycles. The van der Waals surface area contributed by atoms with Crippen LogP contribution in [0.2, 0.25) is 5.02 Å². The third kappa shape index (κ3) is 3.03. The molecular formula is C15H15ClF3N5O2. The molecule has 0 saturated carbocycles. The van der Waals surface area contributed by atoms with Gasteiger partial charge < -0.3 is 20.1 Å². The van der Waals surface area contributed by atoms with Crippen LogP contribution in [0, 0.1) is 5.92 Å². The van der Waals surface area contributed by atoms with E-state index in [1.807, 2.05) is 0 Å². The zero-order valence-corrected chi connectivity index (χ0v) is 14.4. The average Bonchev–Trinajstić information content (AvgIpc) is 3.12. The molecule has 1 fully saturated rings. The van der Waals surface area contributed by atoms with Gasteiger partial charge in [0, 0.05) is 19.0 Å². The predicted molar refractivity (Wildman–Crippen MR) is 88.0 cm³/mol. The Labute approximate surface area is 151 Å². The lowest BCUT2D eigenvalue weighted by molar-refractivity contribution is -0.142. The molecule has 140 valence electrons. The van der Waals surface area contributed by atoms with E-state index in [0.717, 1.165) is 4.68 Å². The molecule has 2 bridgehead atoms. The number of halogens is 4. The van der Waals surface area contributed by atoms with Crippen LogP contribution in [0.5, 0.6) is 5.75 Å². The lowest BCUT2D eigenvalue weighted by atomic mass is 10.0. The number of aryl methyl sites for hydroxylation is 1.